The number of aryl methyl sites for hydroxylation is 4. The molecule has 0 fully saturated rings. The van der Waals surface area contributed by atoms with Gasteiger partial charge in [-0.25, -0.2) is 0 Å². The summed E-state index contributed by atoms with van der Waals surface area (Å²) in [5, 5.41) is 5.59. The number of benzene rings is 3. The van der Waals surface area contributed by atoms with E-state index in [9.17, 15) is 0 Å². The second-order valence-corrected chi connectivity index (χ2v) is 7.22. The molecule has 0 aliphatic heterocycles. The number of fused-ring (bicyclic) bond motifs is 7. The molecule has 0 saturated heterocycles. The third-order valence-corrected chi connectivity index (χ3v) is 6.11. The average molecular weight is 340 g/mol. The number of para-hydroxylation sites is 2. The summed E-state index contributed by atoms with van der Waals surface area (Å²) in [5.41, 5.74) is 8.29. The van der Waals surface area contributed by atoms with Gasteiger partial charge in [0.25, 0.3) is 0 Å². The number of rotatable bonds is 2. The van der Waals surface area contributed by atoms with Gasteiger partial charge in [-0.2, -0.15) is 0 Å². The summed E-state index contributed by atoms with van der Waals surface area (Å²) in [5.74, 6) is 0. The maximum absolute atomic E-state index is 2.50. The van der Waals surface area contributed by atoms with E-state index in [-0.39, 0.29) is 0 Å². The Labute approximate surface area is 153 Å². The van der Waals surface area contributed by atoms with Crippen molar-refractivity contribution < 1.29 is 0 Å². The first-order valence-electron chi connectivity index (χ1n) is 9.60. The normalized spacial score (nSPS) is 12.2. The fraction of sp³-hybridized carbons (Fsp3) is 0.250. The van der Waals surface area contributed by atoms with Crippen LogP contribution in [0.4, 0.5) is 0 Å². The molecular weight excluding hydrogens is 316 g/mol. The van der Waals surface area contributed by atoms with Gasteiger partial charge in [-0.15, -0.1) is 0 Å². The number of hydrogen-bond donors (Lipinski definition) is 0. The van der Waals surface area contributed by atoms with Crippen LogP contribution in [-0.4, -0.2) is 9.13 Å². The van der Waals surface area contributed by atoms with Crippen LogP contribution in [-0.2, 0) is 13.1 Å². The number of hydrogen-bond acceptors (Lipinski definition) is 0. The van der Waals surface area contributed by atoms with Crippen LogP contribution in [0.1, 0.15) is 25.0 Å². The van der Waals surface area contributed by atoms with Crippen LogP contribution in [0.5, 0.6) is 0 Å². The van der Waals surface area contributed by atoms with Gasteiger partial charge in [0.15, 0.2) is 0 Å². The summed E-state index contributed by atoms with van der Waals surface area (Å²) in [4.78, 5) is 0. The summed E-state index contributed by atoms with van der Waals surface area (Å²) >= 11 is 0. The molecule has 5 aromatic rings. The van der Waals surface area contributed by atoms with Crippen molar-refractivity contribution in [3.63, 3.8) is 0 Å². The first-order valence-corrected chi connectivity index (χ1v) is 9.60. The fourth-order valence-electron chi connectivity index (χ4n) is 4.89. The molecule has 130 valence electrons. The van der Waals surface area contributed by atoms with E-state index in [2.05, 4.69) is 85.4 Å². The summed E-state index contributed by atoms with van der Waals surface area (Å²) in [7, 11) is 0. The molecule has 0 spiro atoms. The molecule has 0 saturated carbocycles. The zero-order valence-corrected chi connectivity index (χ0v) is 15.9. The van der Waals surface area contributed by atoms with Gasteiger partial charge in [-0.1, -0.05) is 36.4 Å². The maximum atomic E-state index is 2.50. The SMILES string of the molecule is CCn1c2ccccc2c2c(C)c(C)c3c4ccccc4n(CC)c3c21. The molecule has 0 N–H and O–H groups in total. The Morgan fingerprint density at radius 1 is 0.615 bits per heavy atom. The van der Waals surface area contributed by atoms with E-state index in [1.54, 1.807) is 0 Å². The van der Waals surface area contributed by atoms with Gasteiger partial charge in [-0.05, 0) is 51.0 Å². The first-order chi connectivity index (χ1) is 12.7. The Morgan fingerprint density at radius 2 is 1.00 bits per heavy atom. The van der Waals surface area contributed by atoms with Crippen molar-refractivity contribution in [1.29, 1.82) is 0 Å². The largest absolute Gasteiger partial charge is 0.339 e. The molecule has 0 aliphatic rings. The van der Waals surface area contributed by atoms with Gasteiger partial charge in [0.1, 0.15) is 0 Å². The molecule has 0 bridgehead atoms. The van der Waals surface area contributed by atoms with Crippen molar-refractivity contribution in [1.82, 2.24) is 9.13 Å². The molecule has 2 nitrogen and oxygen atoms in total. The van der Waals surface area contributed by atoms with Crippen LogP contribution in [0.3, 0.4) is 0 Å². The predicted molar refractivity (Wildman–Crippen MR) is 113 cm³/mol. The zero-order valence-electron chi connectivity index (χ0n) is 15.9. The van der Waals surface area contributed by atoms with Crippen molar-refractivity contribution in [2.75, 3.05) is 0 Å². The Morgan fingerprint density at radius 3 is 1.38 bits per heavy atom. The van der Waals surface area contributed by atoms with Crippen LogP contribution in [0.15, 0.2) is 48.5 Å². The van der Waals surface area contributed by atoms with E-state index in [0.29, 0.717) is 0 Å². The van der Waals surface area contributed by atoms with E-state index >= 15 is 0 Å². The van der Waals surface area contributed by atoms with Crippen LogP contribution >= 0.6 is 0 Å². The highest BCUT2D eigenvalue weighted by Gasteiger charge is 2.22. The standard InChI is InChI=1S/C24H24N2/c1-5-25-19-13-9-7-11-17(19)21-15(3)16(4)22-18-12-8-10-14-20(18)26(6-2)24(22)23(21)25/h7-14H,5-6H2,1-4H3. The lowest BCUT2D eigenvalue weighted by molar-refractivity contribution is 0.808. The lowest BCUT2D eigenvalue weighted by Gasteiger charge is -2.12. The van der Waals surface area contributed by atoms with Crippen molar-refractivity contribution >= 4 is 43.6 Å². The van der Waals surface area contributed by atoms with Gasteiger partial charge < -0.3 is 9.13 Å². The highest BCUT2D eigenvalue weighted by atomic mass is 15.0. The monoisotopic (exact) mass is 340 g/mol. The topological polar surface area (TPSA) is 9.86 Å². The lowest BCUT2D eigenvalue weighted by atomic mass is 9.97. The Hall–Kier alpha value is -2.74. The Bertz CT molecular complexity index is 1210. The summed E-state index contributed by atoms with van der Waals surface area (Å²) in [6.45, 7) is 11.1. The molecule has 3 aromatic carbocycles. The van der Waals surface area contributed by atoms with Crippen molar-refractivity contribution in [3.8, 4) is 0 Å². The average Bonchev–Trinajstić information content (AvgIpc) is 3.18. The number of aromatic nitrogens is 2. The summed E-state index contributed by atoms with van der Waals surface area (Å²) < 4.78 is 5.01. The predicted octanol–water partition coefficient (Wildman–Crippen LogP) is 6.56. The summed E-state index contributed by atoms with van der Waals surface area (Å²) in [6.07, 6.45) is 0. The molecule has 0 atom stereocenters. The van der Waals surface area contributed by atoms with E-state index in [1.807, 2.05) is 0 Å². The molecule has 0 unspecified atom stereocenters. The second kappa shape index (κ2) is 5.38. The number of nitrogens with zero attached hydrogens (tertiary/aromatic N) is 2. The van der Waals surface area contributed by atoms with E-state index in [1.165, 1.54) is 54.7 Å². The molecule has 0 amide bonds. The third kappa shape index (κ3) is 1.72. The van der Waals surface area contributed by atoms with Gasteiger partial charge in [0.2, 0.25) is 0 Å². The second-order valence-electron chi connectivity index (χ2n) is 7.22. The minimum absolute atomic E-state index is 0.979. The van der Waals surface area contributed by atoms with Gasteiger partial charge in [-0.3, -0.25) is 0 Å². The van der Waals surface area contributed by atoms with Crippen LogP contribution < -0.4 is 0 Å². The molecule has 0 radical (unpaired) electrons. The van der Waals surface area contributed by atoms with Gasteiger partial charge in [0.05, 0.1) is 11.0 Å². The maximum Gasteiger partial charge on any atom is 0.0741 e. The van der Waals surface area contributed by atoms with Crippen LogP contribution in [0.25, 0.3) is 43.6 Å². The zero-order chi connectivity index (χ0) is 18.0. The third-order valence-electron chi connectivity index (χ3n) is 6.11. The van der Waals surface area contributed by atoms with Crippen molar-refractivity contribution in [2.24, 2.45) is 0 Å². The molecular formula is C24H24N2. The Kier molecular flexibility index (Phi) is 3.21. The van der Waals surface area contributed by atoms with Crippen LogP contribution in [0, 0.1) is 13.8 Å². The lowest BCUT2D eigenvalue weighted by Crippen LogP contribution is -2.00. The van der Waals surface area contributed by atoms with Crippen molar-refractivity contribution in [3.05, 3.63) is 59.7 Å². The molecule has 0 aliphatic carbocycles. The van der Waals surface area contributed by atoms with E-state index in [0.717, 1.165) is 13.1 Å². The first kappa shape index (κ1) is 15.5. The fourth-order valence-corrected chi connectivity index (χ4v) is 4.89. The highest BCUT2D eigenvalue weighted by molar-refractivity contribution is 6.25. The molecule has 2 aromatic heterocycles. The van der Waals surface area contributed by atoms with Gasteiger partial charge in [0, 0.05) is 45.7 Å². The molecule has 26 heavy (non-hydrogen) atoms. The Balaban J connectivity index is 2.23. The van der Waals surface area contributed by atoms with E-state index in [4.69, 9.17) is 0 Å². The molecule has 5 rings (SSSR count). The highest BCUT2D eigenvalue weighted by Crippen LogP contribution is 2.42. The molecule has 2 heteroatoms. The quantitative estimate of drug-likeness (QED) is 0.344. The van der Waals surface area contributed by atoms with Crippen molar-refractivity contribution in [2.45, 2.75) is 40.8 Å². The minimum atomic E-state index is 0.979. The smallest absolute Gasteiger partial charge is 0.0741 e. The minimum Gasteiger partial charge on any atom is -0.339 e. The molecule has 2 heterocycles. The van der Waals surface area contributed by atoms with Crippen LogP contribution in [0.2, 0.25) is 0 Å². The van der Waals surface area contributed by atoms with Gasteiger partial charge >= 0.3 is 0 Å². The van der Waals surface area contributed by atoms with E-state index < -0.39 is 0 Å². The summed E-state index contributed by atoms with van der Waals surface area (Å²) in [6, 6.07) is 17.7.